The zero-order valence-electron chi connectivity index (χ0n) is 73.2. The fourth-order valence-corrected chi connectivity index (χ4v) is 16.7. The number of fused-ring (bicyclic) bond motifs is 5. The third-order valence-electron chi connectivity index (χ3n) is 21.2. The van der Waals surface area contributed by atoms with Crippen molar-refractivity contribution in [2.45, 2.75) is 116 Å². The first kappa shape index (κ1) is 96.7. The second-order valence-corrected chi connectivity index (χ2v) is 37.1. The van der Waals surface area contributed by atoms with Crippen molar-refractivity contribution in [3.63, 3.8) is 0 Å². The van der Waals surface area contributed by atoms with Crippen LogP contribution in [0.2, 0.25) is 25.1 Å². The summed E-state index contributed by atoms with van der Waals surface area (Å²) in [4.78, 5) is 125. The Bertz CT molecular complexity index is 6670. The van der Waals surface area contributed by atoms with Gasteiger partial charge in [0.2, 0.25) is 23.6 Å². The molecule has 4 atom stereocenters. The number of rotatable bonds is 17. The number of amides is 10. The van der Waals surface area contributed by atoms with Gasteiger partial charge < -0.3 is 63.1 Å². The van der Waals surface area contributed by atoms with Crippen molar-refractivity contribution in [1.82, 2.24) is 25.9 Å². The molecule has 24 nitrogen and oxygen atoms in total. The third kappa shape index (κ3) is 25.3. The smallest absolute Gasteiger partial charge is 0.323 e. The summed E-state index contributed by atoms with van der Waals surface area (Å²) in [5.41, 5.74) is 16.7. The number of carbonyl (C=O) groups excluding carboxylic acids is 7. The molecule has 32 heteroatoms. The molecule has 0 fully saturated rings. The zero-order valence-corrected chi connectivity index (χ0v) is 80.1. The minimum Gasteiger partial charge on any atom is -0.336 e. The summed E-state index contributed by atoms with van der Waals surface area (Å²) in [5.74, 6) is -1.31. The van der Waals surface area contributed by atoms with Gasteiger partial charge in [-0.2, -0.15) is 0 Å². The lowest BCUT2D eigenvalue weighted by molar-refractivity contribution is -0.118. The number of imidazole rings is 1. The summed E-state index contributed by atoms with van der Waals surface area (Å²) in [6, 6.07) is 74.3. The van der Waals surface area contributed by atoms with Gasteiger partial charge in [-0.05, 0) is 216 Å². The first-order valence-electron chi connectivity index (χ1n) is 42.6. The Morgan fingerprint density at radius 3 is 1.02 bits per heavy atom. The fraction of sp³-hybridized carbons (Fsp3) is 0.176. The van der Waals surface area contributed by atoms with E-state index in [1.165, 1.54) is 6.07 Å². The number of aromatic nitrogens is 2. The number of nitrogens with zero attached hydrogens (tertiary/aromatic N) is 4. The summed E-state index contributed by atoms with van der Waals surface area (Å²) < 4.78 is 16.1. The maximum atomic E-state index is 14.3. The van der Waals surface area contributed by atoms with Gasteiger partial charge in [0.15, 0.2) is 0 Å². The third-order valence-corrected chi connectivity index (χ3v) is 24.0. The molecule has 134 heavy (non-hydrogen) atoms. The molecule has 12 aromatic carbocycles. The van der Waals surface area contributed by atoms with Crippen molar-refractivity contribution in [1.29, 1.82) is 0 Å². The number of carbonyl (C=O) groups is 7. The SMILES string of the molecule is CC(C)(C)NC(=O)Nc1ccc(C2=NC(Cc3ccccc3Br)C(=O)Nc3ccc(Cl)cc32)cc1.CC(C)NC(=O)Nc1ccc(C2=NC(Cc3ccccc3Br)C(=O)Nc3ccc(Cl)cc32)cc1.CC(C)NC(=O)Nc1ccc(C2=NC(Cc3ccccc3Cl)C(=O)Nc3ccc(Cl)cc32)cc1.O=C1Nc2ccc(Cl)cc2C(c2ccc3[nH]c(=O)[nH]c3c2)=NC1Cc1ccccc1F. The number of urea groups is 3. The standard InChI is InChI=1S/C27H26BrClN4O2.C26H24BrClN4O2.C26H24Cl2N4O2.C23H16ClFN4O2/c1-27(2,3)33-26(35)30-19-11-8-16(9-12-19)24-20-15-18(29)10-13-22(20)32-25(34)23(31-24)14-17-6-4-5-7-21(17)28;1-15(2)29-26(34)30-19-10-7-16(8-11-19)24-20-14-18(28)9-12-22(20)32-25(33)23(31-24)13-17-5-3-4-6-21(17)27;1-15(2)29-26(34)30-19-10-7-16(8-11-19)24-20-14-18(27)9-12-22(20)32-25(33)23(31-24)13-17-5-3-4-6-21(17)28;24-14-6-8-17-15(11-14)21(13-5-7-18-19(10-13)29-23(31)28-18)26-20(22(30)27-17)9-12-3-1-2-4-16(12)25/h4-13,15,23H,14H2,1-3H3,(H,32,34)(H2,30,33,35);2*3-12,14-15,23H,13H2,1-2H3,(H,32,33)(H2,29,30,34);1-8,10-11,20H,9H2,(H,27,30)(H2,28,29,31). The molecule has 4 aliphatic heterocycles. The van der Waals surface area contributed by atoms with Crippen LogP contribution >= 0.6 is 89.9 Å². The molecule has 12 N–H and O–H groups in total. The van der Waals surface area contributed by atoms with E-state index in [1.807, 2.05) is 182 Å². The molecule has 0 aliphatic carbocycles. The van der Waals surface area contributed by atoms with Crippen molar-refractivity contribution >= 4 is 205 Å². The molecule has 10 amide bonds. The molecule has 13 aromatic rings. The molecular weight excluding hydrogens is 1930 g/mol. The summed E-state index contributed by atoms with van der Waals surface area (Å²) in [6.45, 7) is 13.3. The number of halogens is 8. The predicted octanol–water partition coefficient (Wildman–Crippen LogP) is 22.4. The Balaban J connectivity index is 0.000000143. The van der Waals surface area contributed by atoms with E-state index in [0.29, 0.717) is 135 Å². The van der Waals surface area contributed by atoms with Gasteiger partial charge in [0.25, 0.3) is 0 Å². The minimum absolute atomic E-state index is 0.0287. The zero-order chi connectivity index (χ0) is 95.2. The molecule has 0 saturated carbocycles. The Kier molecular flexibility index (Phi) is 31.4. The summed E-state index contributed by atoms with van der Waals surface area (Å²) in [5, 5.41) is 31.5. The highest BCUT2D eigenvalue weighted by molar-refractivity contribution is 9.10. The molecule has 1 aromatic heterocycles. The molecule has 0 saturated heterocycles. The van der Waals surface area contributed by atoms with Crippen LogP contribution in [0.1, 0.15) is 115 Å². The molecule has 5 heterocycles. The van der Waals surface area contributed by atoms with Crippen LogP contribution in [0, 0.1) is 5.82 Å². The van der Waals surface area contributed by atoms with Crippen LogP contribution in [0.25, 0.3) is 11.0 Å². The summed E-state index contributed by atoms with van der Waals surface area (Å²) >= 11 is 38.6. The Labute approximate surface area is 814 Å². The normalized spacial score (nSPS) is 15.4. The van der Waals surface area contributed by atoms with Crippen molar-refractivity contribution in [3.05, 3.63) is 378 Å². The molecule has 17 rings (SSSR count). The summed E-state index contributed by atoms with van der Waals surface area (Å²) in [7, 11) is 0. The first-order chi connectivity index (χ1) is 64.2. The van der Waals surface area contributed by atoms with Crippen molar-refractivity contribution in [3.8, 4) is 0 Å². The van der Waals surface area contributed by atoms with E-state index >= 15 is 0 Å². The number of anilines is 7. The number of H-pyrrole nitrogens is 2. The molecule has 0 spiro atoms. The van der Waals surface area contributed by atoms with Crippen LogP contribution in [-0.4, -0.2) is 116 Å². The van der Waals surface area contributed by atoms with Crippen LogP contribution in [0.4, 0.5) is 58.6 Å². The van der Waals surface area contributed by atoms with Crippen molar-refractivity contribution in [2.24, 2.45) is 20.0 Å². The predicted molar refractivity (Wildman–Crippen MR) is 544 cm³/mol. The number of nitrogens with one attached hydrogen (secondary N) is 12. The maximum Gasteiger partial charge on any atom is 0.323 e. The Morgan fingerprint density at radius 1 is 0.366 bits per heavy atom. The number of aliphatic imine (C=N–C) groups is 4. The number of hydrogen-bond acceptors (Lipinski definition) is 12. The van der Waals surface area contributed by atoms with E-state index in [0.717, 1.165) is 59.0 Å². The number of hydrogen-bond donors (Lipinski definition) is 12. The Morgan fingerprint density at radius 2 is 0.672 bits per heavy atom. The van der Waals surface area contributed by atoms with Crippen LogP contribution in [0.15, 0.2) is 295 Å². The van der Waals surface area contributed by atoms with E-state index < -0.39 is 24.2 Å². The fourth-order valence-electron chi connectivity index (χ4n) is 14.9. The lowest BCUT2D eigenvalue weighted by Gasteiger charge is -2.20. The van der Waals surface area contributed by atoms with E-state index in [4.69, 9.17) is 78.0 Å². The van der Waals surface area contributed by atoms with Crippen LogP contribution in [0.5, 0.6) is 0 Å². The second kappa shape index (κ2) is 43.5. The first-order valence-corrected chi connectivity index (χ1v) is 46.1. The Hall–Kier alpha value is -13.4. The average molecular weight is 2020 g/mol. The van der Waals surface area contributed by atoms with Crippen LogP contribution in [0.3, 0.4) is 0 Å². The molecular formula is C102H90Br2Cl5FN16O8. The van der Waals surface area contributed by atoms with Crippen LogP contribution < -0.4 is 58.9 Å². The lowest BCUT2D eigenvalue weighted by Crippen LogP contribution is -2.43. The van der Waals surface area contributed by atoms with Gasteiger partial charge in [-0.3, -0.25) is 39.1 Å². The van der Waals surface area contributed by atoms with Gasteiger partial charge in [-0.25, -0.2) is 23.6 Å². The van der Waals surface area contributed by atoms with E-state index in [-0.39, 0.29) is 77.3 Å². The van der Waals surface area contributed by atoms with Gasteiger partial charge >= 0.3 is 23.8 Å². The maximum absolute atomic E-state index is 14.3. The lowest BCUT2D eigenvalue weighted by atomic mass is 10.00. The quantitative estimate of drug-likeness (QED) is 0.0415. The molecule has 682 valence electrons. The highest BCUT2D eigenvalue weighted by atomic mass is 79.9. The van der Waals surface area contributed by atoms with Gasteiger partial charge in [-0.15, -0.1) is 0 Å². The number of aromatic amines is 2. The van der Waals surface area contributed by atoms with Gasteiger partial charge in [0.1, 0.15) is 30.0 Å². The van der Waals surface area contributed by atoms with E-state index in [1.54, 1.807) is 121 Å². The highest BCUT2D eigenvalue weighted by Crippen LogP contribution is 2.36. The second-order valence-electron chi connectivity index (χ2n) is 33.3. The summed E-state index contributed by atoms with van der Waals surface area (Å²) in [6.07, 6.45) is 1.33. The van der Waals surface area contributed by atoms with Gasteiger partial charge in [0, 0.05) is 139 Å². The number of benzodiazepines with no additional fused rings is 4. The van der Waals surface area contributed by atoms with Crippen molar-refractivity contribution < 1.29 is 38.0 Å². The van der Waals surface area contributed by atoms with E-state index in [2.05, 4.69) is 95.0 Å². The van der Waals surface area contributed by atoms with E-state index in [9.17, 15) is 42.7 Å². The molecule has 0 bridgehead atoms. The molecule has 4 unspecified atom stereocenters. The largest absolute Gasteiger partial charge is 0.336 e. The number of benzene rings is 12. The molecule has 4 aliphatic rings. The topological polar surface area (TPSA) is 338 Å². The highest BCUT2D eigenvalue weighted by Gasteiger charge is 2.33. The van der Waals surface area contributed by atoms with Gasteiger partial charge in [0.05, 0.1) is 56.6 Å². The van der Waals surface area contributed by atoms with Crippen molar-refractivity contribution in [2.75, 3.05) is 37.2 Å². The average Bonchev–Trinajstić information content (AvgIpc) is 1.50. The minimum atomic E-state index is -0.848. The van der Waals surface area contributed by atoms with Gasteiger partial charge in [-0.1, -0.05) is 205 Å². The molecule has 0 radical (unpaired) electrons. The monoisotopic (exact) mass is 2020 g/mol. The van der Waals surface area contributed by atoms with Crippen LogP contribution in [-0.2, 0) is 44.9 Å².